The second kappa shape index (κ2) is 5.61. The molecule has 1 atom stereocenters. The Hall–Kier alpha value is -0.650. The van der Waals surface area contributed by atoms with Crippen LogP contribution in [-0.4, -0.2) is 58.9 Å². The van der Waals surface area contributed by atoms with Gasteiger partial charge in [-0.25, -0.2) is 0 Å². The van der Waals surface area contributed by atoms with Gasteiger partial charge in [0.15, 0.2) is 0 Å². The molecule has 1 amide bonds. The molecule has 1 rings (SSSR count). The van der Waals surface area contributed by atoms with Crippen LogP contribution in [0.25, 0.3) is 0 Å². The normalized spacial score (nSPS) is 21.9. The number of carbonyl (C=O) groups excluding carboxylic acids is 1. The maximum atomic E-state index is 11.1. The summed E-state index contributed by atoms with van der Waals surface area (Å²) in [7, 11) is 0. The molecule has 1 heterocycles. The van der Waals surface area contributed by atoms with Gasteiger partial charge in [0, 0.05) is 32.6 Å². The Balaban J connectivity index is 2.25. The van der Waals surface area contributed by atoms with E-state index in [1.54, 1.807) is 13.8 Å². The second-order valence-corrected chi connectivity index (χ2v) is 4.82. The SMILES string of the molecule is CC(=O)N1CCC(NCC(C)(O)CO)CC1. The molecule has 0 aromatic heterocycles. The molecule has 0 saturated carbocycles. The van der Waals surface area contributed by atoms with Gasteiger partial charge in [-0.1, -0.05) is 0 Å². The molecular formula is C11H22N2O3. The van der Waals surface area contributed by atoms with Gasteiger partial charge in [-0.15, -0.1) is 0 Å². The maximum Gasteiger partial charge on any atom is 0.219 e. The summed E-state index contributed by atoms with van der Waals surface area (Å²) in [4.78, 5) is 12.9. The Kier molecular flexibility index (Phi) is 4.70. The van der Waals surface area contributed by atoms with E-state index < -0.39 is 5.60 Å². The van der Waals surface area contributed by atoms with E-state index in [4.69, 9.17) is 5.11 Å². The zero-order chi connectivity index (χ0) is 12.2. The number of rotatable bonds is 4. The first-order valence-electron chi connectivity index (χ1n) is 5.77. The standard InChI is InChI=1S/C11H22N2O3/c1-9(15)13-5-3-10(4-6-13)12-7-11(2,16)8-14/h10,12,14,16H,3-8H2,1-2H3. The monoisotopic (exact) mass is 230 g/mol. The van der Waals surface area contributed by atoms with Crippen molar-refractivity contribution < 1.29 is 15.0 Å². The number of nitrogens with zero attached hydrogens (tertiary/aromatic N) is 1. The van der Waals surface area contributed by atoms with Gasteiger partial charge >= 0.3 is 0 Å². The minimum Gasteiger partial charge on any atom is -0.393 e. The van der Waals surface area contributed by atoms with Crippen LogP contribution >= 0.6 is 0 Å². The van der Waals surface area contributed by atoms with Crippen molar-refractivity contribution in [3.63, 3.8) is 0 Å². The molecular weight excluding hydrogens is 208 g/mol. The molecule has 1 saturated heterocycles. The number of likely N-dealkylation sites (tertiary alicyclic amines) is 1. The van der Waals surface area contributed by atoms with Gasteiger partial charge in [-0.2, -0.15) is 0 Å². The third-order valence-corrected chi connectivity index (χ3v) is 3.05. The van der Waals surface area contributed by atoms with E-state index in [9.17, 15) is 9.90 Å². The van der Waals surface area contributed by atoms with Gasteiger partial charge in [0.2, 0.25) is 5.91 Å². The average molecular weight is 230 g/mol. The predicted molar refractivity (Wildman–Crippen MR) is 61.0 cm³/mol. The Bertz CT molecular complexity index is 235. The van der Waals surface area contributed by atoms with Crippen molar-refractivity contribution in [2.45, 2.75) is 38.3 Å². The Morgan fingerprint density at radius 2 is 2.06 bits per heavy atom. The number of hydrogen-bond acceptors (Lipinski definition) is 4. The van der Waals surface area contributed by atoms with E-state index >= 15 is 0 Å². The zero-order valence-corrected chi connectivity index (χ0v) is 10.1. The van der Waals surface area contributed by atoms with Gasteiger partial charge in [-0.05, 0) is 19.8 Å². The van der Waals surface area contributed by atoms with Crippen molar-refractivity contribution in [2.75, 3.05) is 26.2 Å². The fourth-order valence-corrected chi connectivity index (χ4v) is 1.82. The minimum absolute atomic E-state index is 0.126. The van der Waals surface area contributed by atoms with Gasteiger partial charge in [-0.3, -0.25) is 4.79 Å². The summed E-state index contributed by atoms with van der Waals surface area (Å²) in [6.07, 6.45) is 1.81. The van der Waals surface area contributed by atoms with Gasteiger partial charge < -0.3 is 20.4 Å². The summed E-state index contributed by atoms with van der Waals surface area (Å²) >= 11 is 0. The number of aliphatic hydroxyl groups is 2. The van der Waals surface area contributed by atoms with E-state index in [-0.39, 0.29) is 12.5 Å². The summed E-state index contributed by atoms with van der Waals surface area (Å²) in [5, 5.41) is 21.7. The lowest BCUT2D eigenvalue weighted by Crippen LogP contribution is -2.49. The van der Waals surface area contributed by atoms with Crippen LogP contribution in [0.4, 0.5) is 0 Å². The summed E-state index contributed by atoms with van der Waals surface area (Å²) in [5.41, 5.74) is -1.06. The highest BCUT2D eigenvalue weighted by Gasteiger charge is 2.24. The first kappa shape index (κ1) is 13.4. The van der Waals surface area contributed by atoms with Crippen LogP contribution in [0.3, 0.4) is 0 Å². The van der Waals surface area contributed by atoms with E-state index in [0.29, 0.717) is 12.6 Å². The molecule has 0 aliphatic carbocycles. The van der Waals surface area contributed by atoms with Crippen LogP contribution in [-0.2, 0) is 4.79 Å². The van der Waals surface area contributed by atoms with E-state index in [1.807, 2.05) is 4.90 Å². The molecule has 0 spiro atoms. The lowest BCUT2D eigenvalue weighted by atomic mass is 10.0. The predicted octanol–water partition coefficient (Wildman–Crippen LogP) is -0.670. The van der Waals surface area contributed by atoms with Crippen molar-refractivity contribution in [3.05, 3.63) is 0 Å². The molecule has 0 radical (unpaired) electrons. The maximum absolute atomic E-state index is 11.1. The molecule has 1 fully saturated rings. The molecule has 5 heteroatoms. The lowest BCUT2D eigenvalue weighted by Gasteiger charge is -2.33. The average Bonchev–Trinajstić information content (AvgIpc) is 2.27. The number of aliphatic hydroxyl groups excluding tert-OH is 1. The Morgan fingerprint density at radius 1 is 1.50 bits per heavy atom. The van der Waals surface area contributed by atoms with Crippen molar-refractivity contribution in [1.29, 1.82) is 0 Å². The van der Waals surface area contributed by atoms with Crippen LogP contribution in [0, 0.1) is 0 Å². The number of carbonyl (C=O) groups is 1. The Morgan fingerprint density at radius 3 is 2.50 bits per heavy atom. The molecule has 94 valence electrons. The minimum atomic E-state index is -1.06. The summed E-state index contributed by atoms with van der Waals surface area (Å²) in [5.74, 6) is 0.126. The number of nitrogens with one attached hydrogen (secondary N) is 1. The fraction of sp³-hybridized carbons (Fsp3) is 0.909. The van der Waals surface area contributed by atoms with Crippen LogP contribution in [0.2, 0.25) is 0 Å². The highest BCUT2D eigenvalue weighted by atomic mass is 16.3. The van der Waals surface area contributed by atoms with Crippen molar-refractivity contribution in [2.24, 2.45) is 0 Å². The molecule has 0 bridgehead atoms. The molecule has 3 N–H and O–H groups in total. The fourth-order valence-electron chi connectivity index (χ4n) is 1.82. The molecule has 0 aromatic carbocycles. The van der Waals surface area contributed by atoms with Crippen LogP contribution in [0.1, 0.15) is 26.7 Å². The third-order valence-electron chi connectivity index (χ3n) is 3.05. The van der Waals surface area contributed by atoms with Gasteiger partial charge in [0.25, 0.3) is 0 Å². The highest BCUT2D eigenvalue weighted by molar-refractivity contribution is 5.73. The van der Waals surface area contributed by atoms with Gasteiger partial charge in [0.1, 0.15) is 0 Å². The van der Waals surface area contributed by atoms with Crippen molar-refractivity contribution >= 4 is 5.91 Å². The summed E-state index contributed by atoms with van der Waals surface area (Å²) < 4.78 is 0. The molecule has 0 aromatic rings. The van der Waals surface area contributed by atoms with Crippen LogP contribution < -0.4 is 5.32 Å². The first-order chi connectivity index (χ1) is 7.44. The Labute approximate surface area is 96.4 Å². The van der Waals surface area contributed by atoms with E-state index in [2.05, 4.69) is 5.32 Å². The number of hydrogen-bond donors (Lipinski definition) is 3. The molecule has 1 aliphatic heterocycles. The van der Waals surface area contributed by atoms with E-state index in [0.717, 1.165) is 25.9 Å². The lowest BCUT2D eigenvalue weighted by molar-refractivity contribution is -0.129. The highest BCUT2D eigenvalue weighted by Crippen LogP contribution is 2.11. The number of amides is 1. The topological polar surface area (TPSA) is 72.8 Å². The van der Waals surface area contributed by atoms with Crippen LogP contribution in [0.5, 0.6) is 0 Å². The largest absolute Gasteiger partial charge is 0.393 e. The molecule has 16 heavy (non-hydrogen) atoms. The zero-order valence-electron chi connectivity index (χ0n) is 10.1. The molecule has 5 nitrogen and oxygen atoms in total. The van der Waals surface area contributed by atoms with Crippen molar-refractivity contribution in [3.8, 4) is 0 Å². The van der Waals surface area contributed by atoms with Crippen molar-refractivity contribution in [1.82, 2.24) is 10.2 Å². The number of piperidine rings is 1. The van der Waals surface area contributed by atoms with Gasteiger partial charge in [0.05, 0.1) is 12.2 Å². The third kappa shape index (κ3) is 4.08. The first-order valence-corrected chi connectivity index (χ1v) is 5.77. The molecule has 1 unspecified atom stereocenters. The van der Waals surface area contributed by atoms with Crippen LogP contribution in [0.15, 0.2) is 0 Å². The molecule has 1 aliphatic rings. The summed E-state index contributed by atoms with van der Waals surface area (Å²) in [6.45, 7) is 4.87. The smallest absolute Gasteiger partial charge is 0.219 e. The quantitative estimate of drug-likeness (QED) is 0.599. The summed E-state index contributed by atoms with van der Waals surface area (Å²) in [6, 6.07) is 0.327. The second-order valence-electron chi connectivity index (χ2n) is 4.82. The van der Waals surface area contributed by atoms with E-state index in [1.165, 1.54) is 0 Å².